The number of aryl methyl sites for hydroxylation is 1. The average molecular weight is 494 g/mol. The topological polar surface area (TPSA) is 107 Å². The molecule has 2 aromatic rings. The molecule has 0 aliphatic heterocycles. The van der Waals surface area contributed by atoms with Gasteiger partial charge in [-0.05, 0) is 110 Å². The number of aromatic hydroxyl groups is 3. The van der Waals surface area contributed by atoms with Crippen LogP contribution in [0.5, 0.6) is 17.2 Å². The van der Waals surface area contributed by atoms with Crippen LogP contribution in [0.3, 0.4) is 0 Å². The number of hydrogen-bond acceptors (Lipinski definition) is 6. The molecule has 0 aromatic heterocycles. The maximum absolute atomic E-state index is 13.9. The lowest BCUT2D eigenvalue weighted by atomic mass is 9.49. The molecule has 7 heteroatoms. The Kier molecular flexibility index (Phi) is 5.33. The molecule has 2 aromatic carbocycles. The van der Waals surface area contributed by atoms with Crippen molar-refractivity contribution in [3.8, 4) is 28.4 Å². The lowest BCUT2D eigenvalue weighted by Gasteiger charge is -2.55. The van der Waals surface area contributed by atoms with Gasteiger partial charge < -0.3 is 20.6 Å². The molecule has 7 rings (SSSR count). The summed E-state index contributed by atoms with van der Waals surface area (Å²) in [6, 6.07) is 6.15. The number of nitrogens with one attached hydrogen (secondary N) is 1. The van der Waals surface area contributed by atoms with Gasteiger partial charge in [-0.25, -0.2) is 0 Å². The molecule has 0 unspecified atom stereocenters. The average Bonchev–Trinajstić information content (AvgIpc) is 3.05. The molecule has 4 N–H and O–H groups in total. The first-order chi connectivity index (χ1) is 16.8. The lowest BCUT2D eigenvalue weighted by Crippen LogP contribution is -2.54. The van der Waals surface area contributed by atoms with E-state index in [1.807, 2.05) is 6.26 Å². The second-order valence-corrected chi connectivity index (χ2v) is 12.0. The van der Waals surface area contributed by atoms with E-state index in [0.29, 0.717) is 57.7 Å². The van der Waals surface area contributed by atoms with Gasteiger partial charge in [-0.2, -0.15) is 0 Å². The maximum atomic E-state index is 13.9. The van der Waals surface area contributed by atoms with Crippen molar-refractivity contribution in [3.63, 3.8) is 0 Å². The highest BCUT2D eigenvalue weighted by atomic mass is 32.2. The minimum atomic E-state index is -0.579. The zero-order chi connectivity index (χ0) is 24.5. The van der Waals surface area contributed by atoms with E-state index in [1.54, 1.807) is 18.2 Å². The molecule has 6 nitrogen and oxygen atoms in total. The first-order valence-corrected chi connectivity index (χ1v) is 13.8. The van der Waals surface area contributed by atoms with Gasteiger partial charge in [0.15, 0.2) is 16.9 Å². The fourth-order valence-corrected chi connectivity index (χ4v) is 8.28. The van der Waals surface area contributed by atoms with E-state index >= 15 is 0 Å². The molecule has 0 heterocycles. The SMILES string of the molecule is CSc1ccc2c(cc1=O)[C@@H](NC(=O)C13CC4CC(CC(C4)C1)C3)CCc1cc(O)c(O)c(O)c1-2. The summed E-state index contributed by atoms with van der Waals surface area (Å²) in [5, 5.41) is 34.6. The summed E-state index contributed by atoms with van der Waals surface area (Å²) in [6.07, 6.45) is 9.49. The van der Waals surface area contributed by atoms with E-state index < -0.39 is 17.5 Å². The van der Waals surface area contributed by atoms with Gasteiger partial charge in [-0.1, -0.05) is 6.07 Å². The molecule has 4 saturated carbocycles. The number of hydrogen-bond donors (Lipinski definition) is 4. The number of benzene rings is 1. The van der Waals surface area contributed by atoms with Gasteiger partial charge in [-0.3, -0.25) is 9.59 Å². The zero-order valence-electron chi connectivity index (χ0n) is 19.8. The van der Waals surface area contributed by atoms with Crippen LogP contribution in [0.1, 0.15) is 62.1 Å². The van der Waals surface area contributed by atoms with Crippen LogP contribution < -0.4 is 10.7 Å². The van der Waals surface area contributed by atoms with Crippen molar-refractivity contribution in [2.45, 2.75) is 62.3 Å². The highest BCUT2D eigenvalue weighted by Gasteiger charge is 2.54. The maximum Gasteiger partial charge on any atom is 0.226 e. The minimum Gasteiger partial charge on any atom is -0.504 e. The number of rotatable bonds is 3. The van der Waals surface area contributed by atoms with Crippen LogP contribution in [0.2, 0.25) is 0 Å². The molecule has 0 spiro atoms. The summed E-state index contributed by atoms with van der Waals surface area (Å²) in [5.41, 5.74) is 1.87. The summed E-state index contributed by atoms with van der Waals surface area (Å²) in [4.78, 5) is 27.5. The van der Waals surface area contributed by atoms with Crippen molar-refractivity contribution in [2.24, 2.45) is 23.2 Å². The van der Waals surface area contributed by atoms with Gasteiger partial charge in [0.25, 0.3) is 0 Å². The third-order valence-corrected chi connectivity index (χ3v) is 9.75. The Bertz CT molecular complexity index is 1250. The van der Waals surface area contributed by atoms with Gasteiger partial charge in [0, 0.05) is 11.0 Å². The largest absolute Gasteiger partial charge is 0.504 e. The van der Waals surface area contributed by atoms with Crippen LogP contribution in [0.4, 0.5) is 0 Å². The van der Waals surface area contributed by atoms with Crippen molar-refractivity contribution in [2.75, 3.05) is 6.26 Å². The van der Waals surface area contributed by atoms with E-state index in [2.05, 4.69) is 5.32 Å². The normalized spacial score (nSPS) is 30.3. The molecule has 5 aliphatic carbocycles. The molecule has 0 radical (unpaired) electrons. The van der Waals surface area contributed by atoms with Crippen molar-refractivity contribution in [1.82, 2.24) is 5.32 Å². The fraction of sp³-hybridized carbons (Fsp3) is 0.500. The van der Waals surface area contributed by atoms with Crippen LogP contribution in [-0.4, -0.2) is 27.5 Å². The fourth-order valence-electron chi connectivity index (χ4n) is 7.81. The number of thioether (sulfide) groups is 1. The molecule has 1 atom stereocenters. The number of amides is 1. The second-order valence-electron chi connectivity index (χ2n) is 11.2. The quantitative estimate of drug-likeness (QED) is 0.359. The first-order valence-electron chi connectivity index (χ1n) is 12.6. The Morgan fingerprint density at radius 3 is 2.29 bits per heavy atom. The molecule has 35 heavy (non-hydrogen) atoms. The Morgan fingerprint density at radius 1 is 1.00 bits per heavy atom. The number of phenols is 3. The molecule has 4 bridgehead atoms. The van der Waals surface area contributed by atoms with Crippen LogP contribution >= 0.6 is 11.8 Å². The van der Waals surface area contributed by atoms with Crippen LogP contribution in [-0.2, 0) is 11.2 Å². The number of fused-ring (bicyclic) bond motifs is 3. The summed E-state index contributed by atoms with van der Waals surface area (Å²) < 4.78 is 0. The standard InChI is InChI=1S/C28H31NO5S/c1-35-23-5-3-18-19(10-21(23)30)20(4-2-17-9-22(31)25(32)26(33)24(17)18)29-27(34)28-11-14-6-15(12-28)8-16(7-14)13-28/h3,5,9-10,14-16,20,31-33H,2,4,6-8,11-13H2,1H3,(H,29,34)/t14?,15?,16?,20-,28?/m0/s1. The lowest BCUT2D eigenvalue weighted by molar-refractivity contribution is -0.147. The zero-order valence-corrected chi connectivity index (χ0v) is 20.7. The van der Waals surface area contributed by atoms with Gasteiger partial charge in [0.05, 0.1) is 10.9 Å². The third kappa shape index (κ3) is 3.62. The summed E-state index contributed by atoms with van der Waals surface area (Å²) in [5.74, 6) is 0.677. The molecular weight excluding hydrogens is 462 g/mol. The predicted octanol–water partition coefficient (Wildman–Crippen LogP) is 4.87. The van der Waals surface area contributed by atoms with E-state index in [1.165, 1.54) is 37.1 Å². The molecule has 4 fully saturated rings. The van der Waals surface area contributed by atoms with Crippen molar-refractivity contribution in [1.29, 1.82) is 0 Å². The van der Waals surface area contributed by atoms with Crippen molar-refractivity contribution < 1.29 is 20.1 Å². The number of carbonyl (C=O) groups is 1. The van der Waals surface area contributed by atoms with Gasteiger partial charge in [0.2, 0.25) is 11.7 Å². The molecule has 184 valence electrons. The summed E-state index contributed by atoms with van der Waals surface area (Å²) in [6.45, 7) is 0. The highest BCUT2D eigenvalue weighted by Crippen LogP contribution is 2.60. The van der Waals surface area contributed by atoms with Crippen LogP contribution in [0.15, 0.2) is 34.0 Å². The Labute approximate surface area is 208 Å². The number of carbonyl (C=O) groups excluding carboxylic acids is 1. The Morgan fingerprint density at radius 2 is 1.66 bits per heavy atom. The Hall–Kier alpha value is -2.67. The third-order valence-electron chi connectivity index (χ3n) is 8.97. The van der Waals surface area contributed by atoms with Crippen LogP contribution in [0.25, 0.3) is 11.1 Å². The molecule has 0 saturated heterocycles. The first kappa shape index (κ1) is 22.8. The number of phenolic OH excluding ortho intramolecular Hbond substituents is 3. The van der Waals surface area contributed by atoms with Gasteiger partial charge in [0.1, 0.15) is 0 Å². The van der Waals surface area contributed by atoms with Gasteiger partial charge in [-0.15, -0.1) is 11.8 Å². The highest BCUT2D eigenvalue weighted by molar-refractivity contribution is 7.98. The Balaban J connectivity index is 1.44. The molecule has 1 amide bonds. The molecular formula is C28H31NO5S. The molecule has 5 aliphatic rings. The predicted molar refractivity (Wildman–Crippen MR) is 135 cm³/mol. The van der Waals surface area contributed by atoms with Crippen LogP contribution in [0, 0.1) is 23.2 Å². The van der Waals surface area contributed by atoms with Crippen molar-refractivity contribution in [3.05, 3.63) is 45.6 Å². The smallest absolute Gasteiger partial charge is 0.226 e. The monoisotopic (exact) mass is 493 g/mol. The van der Waals surface area contributed by atoms with E-state index in [9.17, 15) is 24.9 Å². The summed E-state index contributed by atoms with van der Waals surface area (Å²) >= 11 is 1.35. The minimum absolute atomic E-state index is 0.0949. The second kappa shape index (κ2) is 8.19. The summed E-state index contributed by atoms with van der Waals surface area (Å²) in [7, 11) is 0. The van der Waals surface area contributed by atoms with E-state index in [-0.39, 0.29) is 22.5 Å². The van der Waals surface area contributed by atoms with E-state index in [4.69, 9.17) is 0 Å². The van der Waals surface area contributed by atoms with Gasteiger partial charge >= 0.3 is 0 Å². The van der Waals surface area contributed by atoms with E-state index in [0.717, 1.165) is 19.3 Å². The van der Waals surface area contributed by atoms with Crippen molar-refractivity contribution >= 4 is 17.7 Å².